The molecule has 1 N–H and O–H groups in total. The van der Waals surface area contributed by atoms with E-state index in [0.717, 1.165) is 27.2 Å². The summed E-state index contributed by atoms with van der Waals surface area (Å²) in [5.74, 6) is -0.104. The van der Waals surface area contributed by atoms with Crippen LogP contribution >= 0.6 is 11.6 Å². The summed E-state index contributed by atoms with van der Waals surface area (Å²) < 4.78 is 0. The summed E-state index contributed by atoms with van der Waals surface area (Å²) in [5, 5.41) is 4.64. The highest BCUT2D eigenvalue weighted by Gasteiger charge is 2.11. The van der Waals surface area contributed by atoms with Crippen molar-refractivity contribution in [3.8, 4) is 0 Å². The van der Waals surface area contributed by atoms with Crippen LogP contribution in [0.25, 0.3) is 10.9 Å². The number of hydrogen-bond acceptors (Lipinski definition) is 2. The fourth-order valence-electron chi connectivity index (χ4n) is 2.55. The minimum Gasteiger partial charge on any atom is -0.352 e. The molecule has 0 saturated heterocycles. The summed E-state index contributed by atoms with van der Waals surface area (Å²) in [6, 6.07) is 17.4. The van der Waals surface area contributed by atoms with Crippen molar-refractivity contribution in [1.82, 2.24) is 10.3 Å². The number of aromatic nitrogens is 1. The molecule has 1 amide bonds. The van der Waals surface area contributed by atoms with Gasteiger partial charge in [-0.25, -0.2) is 0 Å². The number of fused-ring (bicyclic) bond motifs is 1. The number of carbonyl (C=O) groups is 1. The molecule has 0 unspecified atom stereocenters. The lowest BCUT2D eigenvalue weighted by molar-refractivity contribution is 0.0953. The molecule has 0 radical (unpaired) electrons. The number of pyridine rings is 1. The monoisotopic (exact) mass is 324 g/mol. The number of nitrogens with zero attached hydrogens (tertiary/aromatic N) is 1. The molecule has 0 fully saturated rings. The Morgan fingerprint density at radius 1 is 1.13 bits per heavy atom. The van der Waals surface area contributed by atoms with E-state index in [-0.39, 0.29) is 5.91 Å². The number of hydrogen-bond donors (Lipinski definition) is 1. The zero-order valence-electron chi connectivity index (χ0n) is 12.8. The number of rotatable bonds is 4. The van der Waals surface area contributed by atoms with E-state index in [9.17, 15) is 4.79 Å². The first-order chi connectivity index (χ1) is 11.1. The van der Waals surface area contributed by atoms with Gasteiger partial charge in [0, 0.05) is 17.0 Å². The van der Waals surface area contributed by atoms with Crippen molar-refractivity contribution in [1.29, 1.82) is 0 Å². The molecule has 1 aromatic heterocycles. The molecule has 0 aliphatic carbocycles. The molecule has 0 atom stereocenters. The molecule has 0 bridgehead atoms. The van der Waals surface area contributed by atoms with Gasteiger partial charge in [0.25, 0.3) is 5.91 Å². The second-order valence-electron chi connectivity index (χ2n) is 5.41. The van der Waals surface area contributed by atoms with E-state index in [1.807, 2.05) is 61.5 Å². The van der Waals surface area contributed by atoms with E-state index < -0.39 is 0 Å². The summed E-state index contributed by atoms with van der Waals surface area (Å²) >= 11 is 6.12. The minimum absolute atomic E-state index is 0.104. The summed E-state index contributed by atoms with van der Waals surface area (Å²) in [6.45, 7) is 2.39. The van der Waals surface area contributed by atoms with Crippen molar-refractivity contribution >= 4 is 28.4 Å². The van der Waals surface area contributed by atoms with Gasteiger partial charge in [-0.05, 0) is 37.1 Å². The van der Waals surface area contributed by atoms with Crippen molar-refractivity contribution in [2.24, 2.45) is 0 Å². The molecule has 4 heteroatoms. The van der Waals surface area contributed by atoms with Crippen LogP contribution in [-0.4, -0.2) is 17.4 Å². The quantitative estimate of drug-likeness (QED) is 0.782. The number of halogens is 1. The van der Waals surface area contributed by atoms with E-state index >= 15 is 0 Å². The Labute approximate surface area is 140 Å². The van der Waals surface area contributed by atoms with Gasteiger partial charge in [0.15, 0.2) is 0 Å². The molecule has 0 spiro atoms. The van der Waals surface area contributed by atoms with Gasteiger partial charge in [-0.3, -0.25) is 9.78 Å². The fraction of sp³-hybridized carbons (Fsp3) is 0.158. The van der Waals surface area contributed by atoms with Gasteiger partial charge in [0.05, 0.1) is 16.8 Å². The third-order valence-electron chi connectivity index (χ3n) is 3.80. The predicted octanol–water partition coefficient (Wildman–Crippen LogP) is 4.17. The van der Waals surface area contributed by atoms with Crippen LogP contribution in [0.15, 0.2) is 54.6 Å². The first kappa shape index (κ1) is 15.5. The van der Waals surface area contributed by atoms with Gasteiger partial charge < -0.3 is 5.32 Å². The molecule has 3 rings (SSSR count). The van der Waals surface area contributed by atoms with E-state index in [4.69, 9.17) is 11.6 Å². The van der Waals surface area contributed by atoms with Gasteiger partial charge in [-0.2, -0.15) is 0 Å². The van der Waals surface area contributed by atoms with Crippen molar-refractivity contribution < 1.29 is 4.79 Å². The second-order valence-corrected chi connectivity index (χ2v) is 5.82. The van der Waals surface area contributed by atoms with Crippen LogP contribution in [0, 0.1) is 6.92 Å². The lowest BCUT2D eigenvalue weighted by atomic mass is 10.1. The molecular weight excluding hydrogens is 308 g/mol. The van der Waals surface area contributed by atoms with Crippen LogP contribution in [0.1, 0.15) is 21.6 Å². The Hall–Kier alpha value is -2.39. The van der Waals surface area contributed by atoms with Crippen molar-refractivity contribution in [2.45, 2.75) is 13.3 Å². The maximum Gasteiger partial charge on any atom is 0.253 e. The molecule has 2 aromatic carbocycles. The summed E-state index contributed by atoms with van der Waals surface area (Å²) in [6.07, 6.45) is 0.700. The molecule has 116 valence electrons. The lowest BCUT2D eigenvalue weighted by Gasteiger charge is -2.09. The highest BCUT2D eigenvalue weighted by Crippen LogP contribution is 2.17. The molecule has 3 aromatic rings. The van der Waals surface area contributed by atoms with E-state index in [1.54, 1.807) is 0 Å². The largest absolute Gasteiger partial charge is 0.352 e. The van der Waals surface area contributed by atoms with Crippen LogP contribution in [0.5, 0.6) is 0 Å². The lowest BCUT2D eigenvalue weighted by Crippen LogP contribution is -2.26. The Morgan fingerprint density at radius 2 is 1.87 bits per heavy atom. The minimum atomic E-state index is -0.104. The van der Waals surface area contributed by atoms with Crippen LogP contribution in [0.4, 0.5) is 0 Å². The molecule has 23 heavy (non-hydrogen) atoms. The number of aryl methyl sites for hydroxylation is 1. The Morgan fingerprint density at radius 3 is 2.70 bits per heavy atom. The maximum absolute atomic E-state index is 12.4. The van der Waals surface area contributed by atoms with Gasteiger partial charge in [0.1, 0.15) is 0 Å². The van der Waals surface area contributed by atoms with E-state index in [1.165, 1.54) is 0 Å². The maximum atomic E-state index is 12.4. The topological polar surface area (TPSA) is 42.0 Å². The van der Waals surface area contributed by atoms with Crippen molar-refractivity contribution in [3.63, 3.8) is 0 Å². The number of carbonyl (C=O) groups excluding carboxylic acids is 1. The van der Waals surface area contributed by atoms with Gasteiger partial charge in [-0.1, -0.05) is 48.0 Å². The highest BCUT2D eigenvalue weighted by atomic mass is 35.5. The first-order valence-electron chi connectivity index (χ1n) is 7.53. The zero-order valence-corrected chi connectivity index (χ0v) is 13.6. The molecule has 3 nitrogen and oxygen atoms in total. The SMILES string of the molecule is Cc1nc2ccccc2cc1C(=O)NCCc1ccccc1Cl. The number of nitrogens with one attached hydrogen (secondary N) is 1. The molecular formula is C19H17ClN2O. The zero-order chi connectivity index (χ0) is 16.2. The van der Waals surface area contributed by atoms with Crippen molar-refractivity contribution in [2.75, 3.05) is 6.54 Å². The standard InChI is InChI=1S/C19H17ClN2O/c1-13-16(12-15-7-3-5-9-18(15)22-13)19(23)21-11-10-14-6-2-4-8-17(14)20/h2-9,12H,10-11H2,1H3,(H,21,23). The number of para-hydroxylation sites is 1. The molecule has 0 aliphatic rings. The summed E-state index contributed by atoms with van der Waals surface area (Å²) in [4.78, 5) is 16.9. The first-order valence-corrected chi connectivity index (χ1v) is 7.91. The highest BCUT2D eigenvalue weighted by molar-refractivity contribution is 6.31. The van der Waals surface area contributed by atoms with Crippen LogP contribution in [0.3, 0.4) is 0 Å². The average Bonchev–Trinajstić information content (AvgIpc) is 2.56. The van der Waals surface area contributed by atoms with E-state index in [2.05, 4.69) is 10.3 Å². The molecule has 0 aliphatic heterocycles. The van der Waals surface area contributed by atoms with E-state index in [0.29, 0.717) is 18.5 Å². The second kappa shape index (κ2) is 6.80. The normalized spacial score (nSPS) is 10.7. The third kappa shape index (κ3) is 3.51. The van der Waals surface area contributed by atoms with Crippen LogP contribution in [-0.2, 0) is 6.42 Å². The van der Waals surface area contributed by atoms with Gasteiger partial charge >= 0.3 is 0 Å². The molecule has 0 saturated carbocycles. The van der Waals surface area contributed by atoms with Gasteiger partial charge in [-0.15, -0.1) is 0 Å². The summed E-state index contributed by atoms with van der Waals surface area (Å²) in [7, 11) is 0. The average molecular weight is 325 g/mol. The fourth-order valence-corrected chi connectivity index (χ4v) is 2.78. The van der Waals surface area contributed by atoms with Crippen molar-refractivity contribution in [3.05, 3.63) is 76.4 Å². The molecule has 1 heterocycles. The van der Waals surface area contributed by atoms with Crippen LogP contribution < -0.4 is 5.32 Å². The Kier molecular flexibility index (Phi) is 4.58. The smallest absolute Gasteiger partial charge is 0.253 e. The predicted molar refractivity (Wildman–Crippen MR) is 94.0 cm³/mol. The van der Waals surface area contributed by atoms with Crippen LogP contribution in [0.2, 0.25) is 5.02 Å². The number of amides is 1. The third-order valence-corrected chi connectivity index (χ3v) is 4.17. The number of benzene rings is 2. The summed E-state index contributed by atoms with van der Waals surface area (Å²) in [5.41, 5.74) is 3.28. The Balaban J connectivity index is 1.71. The van der Waals surface area contributed by atoms with Gasteiger partial charge in [0.2, 0.25) is 0 Å². The Bertz CT molecular complexity index is 861.